The van der Waals surface area contributed by atoms with Crippen LogP contribution in [0.25, 0.3) is 10.8 Å². The minimum atomic E-state index is 0.420. The van der Waals surface area contributed by atoms with Crippen molar-refractivity contribution in [3.63, 3.8) is 0 Å². The molecule has 2 rings (SSSR count). The molecule has 0 aliphatic carbocycles. The lowest BCUT2D eigenvalue weighted by molar-refractivity contribution is 1.05. The molecule has 0 aliphatic heterocycles. The van der Waals surface area contributed by atoms with Crippen LogP contribution in [-0.2, 0) is 6.42 Å². The zero-order chi connectivity index (χ0) is 9.10. The van der Waals surface area contributed by atoms with Gasteiger partial charge in [-0.05, 0) is 5.56 Å². The SMILES string of the molecule is N#CCc1cccc2cnncc12. The molecule has 13 heavy (non-hydrogen) atoms. The van der Waals surface area contributed by atoms with Crippen LogP contribution in [0.1, 0.15) is 5.56 Å². The number of aromatic nitrogens is 2. The van der Waals surface area contributed by atoms with E-state index in [0.717, 1.165) is 16.3 Å². The highest BCUT2D eigenvalue weighted by molar-refractivity contribution is 5.84. The molecule has 1 aromatic carbocycles. The third kappa shape index (κ3) is 1.34. The van der Waals surface area contributed by atoms with Crippen molar-refractivity contribution in [2.75, 3.05) is 0 Å². The van der Waals surface area contributed by atoms with Crippen LogP contribution in [0, 0.1) is 11.3 Å². The fraction of sp³-hybridized carbons (Fsp3) is 0.100. The van der Waals surface area contributed by atoms with Gasteiger partial charge in [0.15, 0.2) is 0 Å². The number of nitrogens with zero attached hydrogens (tertiary/aromatic N) is 3. The fourth-order valence-electron chi connectivity index (χ4n) is 1.33. The summed E-state index contributed by atoms with van der Waals surface area (Å²) in [7, 11) is 0. The van der Waals surface area contributed by atoms with Gasteiger partial charge >= 0.3 is 0 Å². The van der Waals surface area contributed by atoms with Crippen LogP contribution in [0.5, 0.6) is 0 Å². The Morgan fingerprint density at radius 1 is 1.23 bits per heavy atom. The molecule has 0 saturated carbocycles. The summed E-state index contributed by atoms with van der Waals surface area (Å²) in [5.41, 5.74) is 1.01. The molecule has 1 heterocycles. The van der Waals surface area contributed by atoms with E-state index in [1.165, 1.54) is 0 Å². The van der Waals surface area contributed by atoms with Crippen LogP contribution in [0.3, 0.4) is 0 Å². The zero-order valence-electron chi connectivity index (χ0n) is 6.94. The molecule has 0 saturated heterocycles. The Morgan fingerprint density at radius 2 is 2.08 bits per heavy atom. The standard InChI is InChI=1S/C10H7N3/c11-5-4-8-2-1-3-9-6-12-13-7-10(8)9/h1-3,6-7H,4H2. The normalized spacial score (nSPS) is 9.77. The highest BCUT2D eigenvalue weighted by atomic mass is 15.1. The van der Waals surface area contributed by atoms with Gasteiger partial charge in [-0.2, -0.15) is 15.5 Å². The molecule has 0 N–H and O–H groups in total. The first-order chi connectivity index (χ1) is 6.42. The van der Waals surface area contributed by atoms with E-state index >= 15 is 0 Å². The second-order valence-electron chi connectivity index (χ2n) is 2.74. The molecule has 0 fully saturated rings. The lowest BCUT2D eigenvalue weighted by Crippen LogP contribution is -1.87. The van der Waals surface area contributed by atoms with Gasteiger partial charge in [0, 0.05) is 10.8 Å². The van der Waals surface area contributed by atoms with E-state index < -0.39 is 0 Å². The highest BCUT2D eigenvalue weighted by Gasteiger charge is 1.99. The van der Waals surface area contributed by atoms with Gasteiger partial charge in [-0.1, -0.05) is 18.2 Å². The summed E-state index contributed by atoms with van der Waals surface area (Å²) >= 11 is 0. The summed E-state index contributed by atoms with van der Waals surface area (Å²) in [6.07, 6.45) is 3.82. The summed E-state index contributed by atoms with van der Waals surface area (Å²) in [4.78, 5) is 0. The van der Waals surface area contributed by atoms with Gasteiger partial charge in [0.2, 0.25) is 0 Å². The topological polar surface area (TPSA) is 49.6 Å². The summed E-state index contributed by atoms with van der Waals surface area (Å²) in [5.74, 6) is 0. The van der Waals surface area contributed by atoms with Gasteiger partial charge in [-0.3, -0.25) is 0 Å². The number of benzene rings is 1. The third-order valence-electron chi connectivity index (χ3n) is 1.95. The molecule has 0 aliphatic rings. The first-order valence-electron chi connectivity index (χ1n) is 3.97. The average molecular weight is 169 g/mol. The Labute approximate surface area is 75.6 Å². The summed E-state index contributed by atoms with van der Waals surface area (Å²) in [6, 6.07) is 7.96. The maximum absolute atomic E-state index is 8.59. The molecule has 0 unspecified atom stereocenters. The molecule has 3 nitrogen and oxygen atoms in total. The largest absolute Gasteiger partial charge is 0.198 e. The third-order valence-corrected chi connectivity index (χ3v) is 1.95. The predicted molar refractivity (Wildman–Crippen MR) is 48.9 cm³/mol. The minimum absolute atomic E-state index is 0.420. The molecule has 1 aromatic heterocycles. The van der Waals surface area contributed by atoms with Crippen molar-refractivity contribution in [2.45, 2.75) is 6.42 Å². The highest BCUT2D eigenvalue weighted by Crippen LogP contribution is 2.16. The zero-order valence-corrected chi connectivity index (χ0v) is 6.94. The smallest absolute Gasteiger partial charge is 0.0669 e. The van der Waals surface area contributed by atoms with Crippen LogP contribution in [0.4, 0.5) is 0 Å². The van der Waals surface area contributed by atoms with Gasteiger partial charge < -0.3 is 0 Å². The van der Waals surface area contributed by atoms with Crippen molar-refractivity contribution in [3.8, 4) is 6.07 Å². The molecule has 62 valence electrons. The molecule has 0 spiro atoms. The summed E-state index contributed by atoms with van der Waals surface area (Å²) in [6.45, 7) is 0. The molecule has 2 aromatic rings. The molecule has 0 amide bonds. The molecule has 0 atom stereocenters. The molecule has 0 radical (unpaired) electrons. The molecule has 3 heteroatoms. The van der Waals surface area contributed by atoms with Crippen LogP contribution in [-0.4, -0.2) is 10.2 Å². The Kier molecular flexibility index (Phi) is 1.89. The van der Waals surface area contributed by atoms with E-state index in [4.69, 9.17) is 5.26 Å². The number of rotatable bonds is 1. The minimum Gasteiger partial charge on any atom is -0.198 e. The first-order valence-corrected chi connectivity index (χ1v) is 3.97. The molecule has 0 bridgehead atoms. The molecular weight excluding hydrogens is 162 g/mol. The predicted octanol–water partition coefficient (Wildman–Crippen LogP) is 1.70. The Bertz CT molecular complexity index is 466. The van der Waals surface area contributed by atoms with Crippen LogP contribution in [0.15, 0.2) is 30.6 Å². The van der Waals surface area contributed by atoms with E-state index in [1.807, 2.05) is 18.2 Å². The van der Waals surface area contributed by atoms with Crippen molar-refractivity contribution in [1.29, 1.82) is 5.26 Å². The van der Waals surface area contributed by atoms with Crippen molar-refractivity contribution in [2.24, 2.45) is 0 Å². The second kappa shape index (κ2) is 3.20. The van der Waals surface area contributed by atoms with Crippen molar-refractivity contribution in [3.05, 3.63) is 36.2 Å². The fourth-order valence-corrected chi connectivity index (χ4v) is 1.33. The quantitative estimate of drug-likeness (QED) is 0.652. The number of hydrogen-bond donors (Lipinski definition) is 0. The van der Waals surface area contributed by atoms with E-state index in [9.17, 15) is 0 Å². The van der Waals surface area contributed by atoms with Gasteiger partial charge in [0.1, 0.15) is 0 Å². The number of fused-ring (bicyclic) bond motifs is 1. The second-order valence-corrected chi connectivity index (χ2v) is 2.74. The van der Waals surface area contributed by atoms with E-state index in [2.05, 4.69) is 16.3 Å². The van der Waals surface area contributed by atoms with Gasteiger partial charge in [0.05, 0.1) is 24.9 Å². The van der Waals surface area contributed by atoms with Gasteiger partial charge in [-0.25, -0.2) is 0 Å². The van der Waals surface area contributed by atoms with Crippen molar-refractivity contribution in [1.82, 2.24) is 10.2 Å². The summed E-state index contributed by atoms with van der Waals surface area (Å²) < 4.78 is 0. The van der Waals surface area contributed by atoms with Crippen molar-refractivity contribution >= 4 is 10.8 Å². The van der Waals surface area contributed by atoms with Crippen LogP contribution < -0.4 is 0 Å². The van der Waals surface area contributed by atoms with E-state index in [-0.39, 0.29) is 0 Å². The van der Waals surface area contributed by atoms with E-state index in [1.54, 1.807) is 12.4 Å². The van der Waals surface area contributed by atoms with Gasteiger partial charge in [0.25, 0.3) is 0 Å². The molecular formula is C10H7N3. The number of hydrogen-bond acceptors (Lipinski definition) is 3. The van der Waals surface area contributed by atoms with Crippen LogP contribution in [0.2, 0.25) is 0 Å². The number of nitriles is 1. The van der Waals surface area contributed by atoms with E-state index in [0.29, 0.717) is 6.42 Å². The lowest BCUT2D eigenvalue weighted by atomic mass is 10.1. The first kappa shape index (κ1) is 7.69. The maximum Gasteiger partial charge on any atom is 0.0669 e. The lowest BCUT2D eigenvalue weighted by Gasteiger charge is -1.99. The van der Waals surface area contributed by atoms with Crippen LogP contribution >= 0.6 is 0 Å². The average Bonchev–Trinajstić information content (AvgIpc) is 2.19. The van der Waals surface area contributed by atoms with Gasteiger partial charge in [-0.15, -0.1) is 0 Å². The van der Waals surface area contributed by atoms with Crippen molar-refractivity contribution < 1.29 is 0 Å². The Hall–Kier alpha value is -1.95. The monoisotopic (exact) mass is 169 g/mol. The summed E-state index contributed by atoms with van der Waals surface area (Å²) in [5, 5.41) is 18.2. The maximum atomic E-state index is 8.59. The Morgan fingerprint density at radius 3 is 2.92 bits per heavy atom. The Balaban J connectivity index is 2.70.